The number of para-hydroxylation sites is 1. The Morgan fingerprint density at radius 3 is 2.35 bits per heavy atom. The van der Waals surface area contributed by atoms with E-state index >= 15 is 0 Å². The number of hydrogen-bond donors (Lipinski definition) is 0. The van der Waals surface area contributed by atoms with Crippen molar-refractivity contribution in [2.24, 2.45) is 0 Å². The van der Waals surface area contributed by atoms with Crippen LogP contribution in [-0.2, 0) is 0 Å². The molecule has 0 bridgehead atoms. The Morgan fingerprint density at radius 1 is 0.595 bits per heavy atom. The van der Waals surface area contributed by atoms with Crippen LogP contribution in [0.3, 0.4) is 0 Å². The van der Waals surface area contributed by atoms with Gasteiger partial charge in [-0.1, -0.05) is 54.6 Å². The lowest BCUT2D eigenvalue weighted by Crippen LogP contribution is -1.93. The zero-order valence-corrected chi connectivity index (χ0v) is 21.1. The highest BCUT2D eigenvalue weighted by molar-refractivity contribution is 7.27. The lowest BCUT2D eigenvalue weighted by molar-refractivity contribution is 1.19. The monoisotopic (exact) mass is 507 g/mol. The van der Waals surface area contributed by atoms with Crippen LogP contribution in [0.5, 0.6) is 0 Å². The van der Waals surface area contributed by atoms with Crippen molar-refractivity contribution in [3.05, 3.63) is 104 Å². The lowest BCUT2D eigenvalue weighted by atomic mass is 10.1. The molecule has 0 atom stereocenters. The van der Waals surface area contributed by atoms with Gasteiger partial charge in [0.2, 0.25) is 0 Å². The third-order valence-corrected chi connectivity index (χ3v) is 9.83. The maximum atomic E-state index is 4.50. The first-order valence-electron chi connectivity index (χ1n) is 12.2. The van der Waals surface area contributed by atoms with Gasteiger partial charge in [-0.05, 0) is 36.4 Å². The average Bonchev–Trinajstić information content (AvgIpc) is 3.60. The van der Waals surface area contributed by atoms with Crippen molar-refractivity contribution in [2.45, 2.75) is 0 Å². The molecule has 5 heteroatoms. The first-order valence-corrected chi connectivity index (χ1v) is 13.9. The van der Waals surface area contributed by atoms with Gasteiger partial charge in [0.05, 0.1) is 21.3 Å². The second kappa shape index (κ2) is 7.13. The molecule has 0 aliphatic rings. The molecule has 0 fully saturated rings. The molecule has 9 rings (SSSR count). The van der Waals surface area contributed by atoms with E-state index in [1.807, 2.05) is 28.9 Å². The van der Waals surface area contributed by atoms with Crippen LogP contribution in [0.1, 0.15) is 0 Å². The zero-order valence-electron chi connectivity index (χ0n) is 19.5. The van der Waals surface area contributed by atoms with Crippen LogP contribution in [0.4, 0.5) is 0 Å². The predicted molar refractivity (Wildman–Crippen MR) is 160 cm³/mol. The molecule has 37 heavy (non-hydrogen) atoms. The second-order valence-electron chi connectivity index (χ2n) is 9.50. The van der Waals surface area contributed by atoms with E-state index < -0.39 is 0 Å². The van der Waals surface area contributed by atoms with Gasteiger partial charge in [0.15, 0.2) is 0 Å². The molecule has 4 aromatic heterocycles. The Balaban J connectivity index is 1.44. The molecule has 172 valence electrons. The highest BCUT2D eigenvalue weighted by atomic mass is 32.1. The van der Waals surface area contributed by atoms with Crippen molar-refractivity contribution in [1.29, 1.82) is 0 Å². The van der Waals surface area contributed by atoms with E-state index in [2.05, 4.69) is 106 Å². The van der Waals surface area contributed by atoms with E-state index in [9.17, 15) is 0 Å². The fourth-order valence-electron chi connectivity index (χ4n) is 5.88. The number of fused-ring (bicyclic) bond motifs is 11. The summed E-state index contributed by atoms with van der Waals surface area (Å²) in [4.78, 5) is 8.75. The van der Waals surface area contributed by atoms with Gasteiger partial charge in [-0.2, -0.15) is 0 Å². The van der Waals surface area contributed by atoms with Gasteiger partial charge in [-0.3, -0.25) is 0 Å². The summed E-state index contributed by atoms with van der Waals surface area (Å²) in [6.45, 7) is 0. The third kappa shape index (κ3) is 2.65. The second-order valence-corrected chi connectivity index (χ2v) is 11.6. The Morgan fingerprint density at radius 2 is 1.38 bits per heavy atom. The molecule has 0 aliphatic heterocycles. The minimum Gasteiger partial charge on any atom is -0.308 e. The van der Waals surface area contributed by atoms with Crippen molar-refractivity contribution in [3.63, 3.8) is 0 Å². The molecule has 0 unspecified atom stereocenters. The van der Waals surface area contributed by atoms with Crippen molar-refractivity contribution in [1.82, 2.24) is 14.5 Å². The Kier molecular flexibility index (Phi) is 3.82. The Bertz CT molecular complexity index is 2370. The smallest absolute Gasteiger partial charge is 0.116 e. The quantitative estimate of drug-likeness (QED) is 0.221. The number of nitrogens with zero attached hydrogens (tertiary/aromatic N) is 3. The van der Waals surface area contributed by atoms with E-state index in [1.54, 1.807) is 6.33 Å². The molecule has 5 aromatic carbocycles. The topological polar surface area (TPSA) is 30.7 Å². The van der Waals surface area contributed by atoms with Gasteiger partial charge in [-0.25, -0.2) is 9.97 Å². The normalized spacial score (nSPS) is 12.3. The largest absolute Gasteiger partial charge is 0.308 e. The Labute approximate surface area is 218 Å². The van der Waals surface area contributed by atoms with Crippen LogP contribution in [0, 0.1) is 0 Å². The van der Waals surface area contributed by atoms with Crippen LogP contribution in [0.25, 0.3) is 78.7 Å². The first-order chi connectivity index (χ1) is 18.3. The lowest BCUT2D eigenvalue weighted by Gasteiger charge is -2.09. The predicted octanol–water partition coefficient (Wildman–Crippen LogP) is 9.46. The fourth-order valence-corrected chi connectivity index (χ4v) is 8.27. The molecular weight excluding hydrogens is 491 g/mol. The molecule has 0 N–H and O–H groups in total. The zero-order chi connectivity index (χ0) is 24.1. The van der Waals surface area contributed by atoms with E-state index in [4.69, 9.17) is 0 Å². The summed E-state index contributed by atoms with van der Waals surface area (Å²) >= 11 is 3.73. The average molecular weight is 508 g/mol. The van der Waals surface area contributed by atoms with Gasteiger partial charge >= 0.3 is 0 Å². The maximum absolute atomic E-state index is 4.50. The summed E-state index contributed by atoms with van der Waals surface area (Å²) in [5, 5.41) is 8.85. The van der Waals surface area contributed by atoms with Gasteiger partial charge in [0.25, 0.3) is 0 Å². The molecule has 3 nitrogen and oxygen atoms in total. The molecule has 0 radical (unpaired) electrons. The molecule has 0 aliphatic carbocycles. The molecule has 0 amide bonds. The number of aromatic nitrogens is 3. The van der Waals surface area contributed by atoms with Crippen LogP contribution in [-0.4, -0.2) is 14.5 Å². The number of thiophene rings is 2. The van der Waals surface area contributed by atoms with E-state index in [1.165, 1.54) is 67.8 Å². The van der Waals surface area contributed by atoms with Crippen LogP contribution in [0.2, 0.25) is 0 Å². The number of rotatable bonds is 1. The number of benzene rings is 5. The van der Waals surface area contributed by atoms with Crippen LogP contribution in [0.15, 0.2) is 104 Å². The van der Waals surface area contributed by atoms with Crippen molar-refractivity contribution >= 4 is 95.7 Å². The summed E-state index contributed by atoms with van der Waals surface area (Å²) in [5.74, 6) is 0. The highest BCUT2D eigenvalue weighted by Gasteiger charge is 2.18. The standard InChI is InChI=1S/C32H17N3S2/c1-3-7-27-20(5-1)23-11-12-24-25-13-18-16-33-17-34-26(18)15-30(25)37-32(24)31(23)35(27)19-9-10-22-21-6-2-4-8-28(21)36-29(22)14-19/h1-17H. The van der Waals surface area contributed by atoms with Gasteiger partial charge < -0.3 is 4.57 Å². The summed E-state index contributed by atoms with van der Waals surface area (Å²) in [5.41, 5.74) is 4.70. The minimum atomic E-state index is 0.987. The molecule has 9 aromatic rings. The summed E-state index contributed by atoms with van der Waals surface area (Å²) in [6, 6.07) is 33.4. The molecule has 0 spiro atoms. The third-order valence-electron chi connectivity index (χ3n) is 7.52. The van der Waals surface area contributed by atoms with Crippen molar-refractivity contribution in [2.75, 3.05) is 0 Å². The molecular formula is C32H17N3S2. The van der Waals surface area contributed by atoms with E-state index in [0.29, 0.717) is 0 Å². The van der Waals surface area contributed by atoms with Gasteiger partial charge in [-0.15, -0.1) is 22.7 Å². The summed E-state index contributed by atoms with van der Waals surface area (Å²) < 4.78 is 7.68. The van der Waals surface area contributed by atoms with Crippen molar-refractivity contribution in [3.8, 4) is 5.69 Å². The van der Waals surface area contributed by atoms with E-state index in [-0.39, 0.29) is 0 Å². The van der Waals surface area contributed by atoms with Gasteiger partial charge in [0, 0.05) is 63.7 Å². The fraction of sp³-hybridized carbons (Fsp3) is 0. The summed E-state index contributed by atoms with van der Waals surface area (Å²) in [7, 11) is 0. The SMILES string of the molecule is c1ccc2c(c1)sc1cc(-n3c4ccccc4c4ccc5c6cc7cncnc7cc6sc5c43)ccc12. The van der Waals surface area contributed by atoms with Crippen LogP contribution < -0.4 is 0 Å². The van der Waals surface area contributed by atoms with Crippen molar-refractivity contribution < 1.29 is 0 Å². The summed E-state index contributed by atoms with van der Waals surface area (Å²) in [6.07, 6.45) is 3.53. The minimum absolute atomic E-state index is 0.987. The number of hydrogen-bond acceptors (Lipinski definition) is 4. The van der Waals surface area contributed by atoms with Crippen LogP contribution >= 0.6 is 22.7 Å². The molecule has 4 heterocycles. The molecule has 0 saturated carbocycles. The maximum Gasteiger partial charge on any atom is 0.116 e. The first kappa shape index (κ1) is 19.8. The Hall–Kier alpha value is -4.32. The van der Waals surface area contributed by atoms with Gasteiger partial charge in [0.1, 0.15) is 6.33 Å². The van der Waals surface area contributed by atoms with E-state index in [0.717, 1.165) is 10.9 Å². The highest BCUT2D eigenvalue weighted by Crippen LogP contribution is 2.44. The molecule has 0 saturated heterocycles.